The van der Waals surface area contributed by atoms with Gasteiger partial charge in [0, 0.05) is 0 Å². The molecule has 0 fully saturated rings. The lowest BCUT2D eigenvalue weighted by Gasteiger charge is -2.04. The van der Waals surface area contributed by atoms with Crippen molar-refractivity contribution >= 4 is 12.3 Å². The molecule has 1 aromatic rings. The number of ether oxygens (including phenoxy) is 1. The summed E-state index contributed by atoms with van der Waals surface area (Å²) in [4.78, 5) is 20.6. The van der Waals surface area contributed by atoms with Crippen LogP contribution in [0.2, 0.25) is 0 Å². The number of hydrogen-bond donors (Lipinski definition) is 1. The van der Waals surface area contributed by atoms with Gasteiger partial charge in [-0.3, -0.25) is 4.79 Å². The lowest BCUT2D eigenvalue weighted by molar-refractivity contribution is -0.109. The van der Waals surface area contributed by atoms with Crippen LogP contribution in [-0.2, 0) is 4.79 Å². The van der Waals surface area contributed by atoms with Gasteiger partial charge in [0.15, 0.2) is 6.29 Å². The van der Waals surface area contributed by atoms with Gasteiger partial charge in [-0.15, -0.1) is 0 Å². The van der Waals surface area contributed by atoms with Crippen LogP contribution in [0.15, 0.2) is 24.3 Å². The summed E-state index contributed by atoms with van der Waals surface area (Å²) in [5.74, 6) is -0.858. The third-order valence-corrected chi connectivity index (χ3v) is 1.42. The molecule has 0 atom stereocenters. The van der Waals surface area contributed by atoms with Gasteiger partial charge in [0.2, 0.25) is 0 Å². The van der Waals surface area contributed by atoms with E-state index in [0.29, 0.717) is 6.29 Å². The maximum atomic E-state index is 10.6. The lowest BCUT2D eigenvalue weighted by Crippen LogP contribution is -2.04. The standard InChI is InChI=1S/C9H8O4/c10-5-6-13-8-4-2-1-3-7(8)9(11)12/h1-5H,6H2,(H,11,12). The Kier molecular flexibility index (Phi) is 3.03. The van der Waals surface area contributed by atoms with Crippen molar-refractivity contribution in [2.45, 2.75) is 0 Å². The number of rotatable bonds is 4. The molecule has 0 spiro atoms. The number of hydrogen-bond acceptors (Lipinski definition) is 3. The van der Waals surface area contributed by atoms with Crippen LogP contribution < -0.4 is 4.74 Å². The van der Waals surface area contributed by atoms with E-state index in [1.807, 2.05) is 0 Å². The van der Waals surface area contributed by atoms with Gasteiger partial charge in [-0.05, 0) is 12.1 Å². The first-order chi connectivity index (χ1) is 6.25. The van der Waals surface area contributed by atoms with Gasteiger partial charge in [0.1, 0.15) is 17.9 Å². The van der Waals surface area contributed by atoms with E-state index in [1.54, 1.807) is 12.1 Å². The van der Waals surface area contributed by atoms with Crippen LogP contribution in [-0.4, -0.2) is 24.0 Å². The highest BCUT2D eigenvalue weighted by molar-refractivity contribution is 5.90. The van der Waals surface area contributed by atoms with Crippen molar-refractivity contribution in [3.63, 3.8) is 0 Å². The predicted octanol–water partition coefficient (Wildman–Crippen LogP) is 0.962. The molecule has 1 aromatic carbocycles. The maximum Gasteiger partial charge on any atom is 0.339 e. The lowest BCUT2D eigenvalue weighted by atomic mass is 10.2. The number of carboxylic acids is 1. The highest BCUT2D eigenvalue weighted by atomic mass is 16.5. The van der Waals surface area contributed by atoms with Crippen molar-refractivity contribution in [3.8, 4) is 5.75 Å². The zero-order valence-corrected chi connectivity index (χ0v) is 6.77. The molecule has 0 aromatic heterocycles. The number of aromatic carboxylic acids is 1. The van der Waals surface area contributed by atoms with E-state index in [9.17, 15) is 9.59 Å². The highest BCUT2D eigenvalue weighted by Gasteiger charge is 2.08. The van der Waals surface area contributed by atoms with E-state index in [-0.39, 0.29) is 17.9 Å². The fraction of sp³-hybridized carbons (Fsp3) is 0.111. The van der Waals surface area contributed by atoms with E-state index in [2.05, 4.69) is 0 Å². The average Bonchev–Trinajstić information content (AvgIpc) is 2.15. The first kappa shape index (κ1) is 9.25. The van der Waals surface area contributed by atoms with Gasteiger partial charge in [0.25, 0.3) is 0 Å². The Morgan fingerprint density at radius 1 is 1.46 bits per heavy atom. The Balaban J connectivity index is 2.90. The molecule has 1 N–H and O–H groups in total. The Labute approximate surface area is 74.8 Å². The van der Waals surface area contributed by atoms with Crippen LogP contribution in [0, 0.1) is 0 Å². The molecular weight excluding hydrogens is 172 g/mol. The first-order valence-corrected chi connectivity index (χ1v) is 3.64. The smallest absolute Gasteiger partial charge is 0.339 e. The molecule has 4 nitrogen and oxygen atoms in total. The predicted molar refractivity (Wildman–Crippen MR) is 45.0 cm³/mol. The molecule has 0 unspecified atom stereocenters. The van der Waals surface area contributed by atoms with Crippen LogP contribution in [0.25, 0.3) is 0 Å². The Morgan fingerprint density at radius 2 is 2.15 bits per heavy atom. The number of benzene rings is 1. The molecule has 0 aliphatic rings. The van der Waals surface area contributed by atoms with Gasteiger partial charge in [0.05, 0.1) is 0 Å². The third-order valence-electron chi connectivity index (χ3n) is 1.42. The van der Waals surface area contributed by atoms with Gasteiger partial charge in [-0.1, -0.05) is 12.1 Å². The monoisotopic (exact) mass is 180 g/mol. The number of carboxylic acid groups (broad SMARTS) is 1. The summed E-state index contributed by atoms with van der Waals surface area (Å²) in [5, 5.41) is 8.70. The van der Waals surface area contributed by atoms with E-state index < -0.39 is 5.97 Å². The Hall–Kier alpha value is -1.84. The number of carbonyl (C=O) groups excluding carboxylic acids is 1. The minimum absolute atomic E-state index is 0.0596. The summed E-state index contributed by atoms with van der Waals surface area (Å²) in [6, 6.07) is 6.17. The molecule has 4 heteroatoms. The zero-order chi connectivity index (χ0) is 9.68. The Bertz CT molecular complexity index is 319. The molecular formula is C9H8O4. The Morgan fingerprint density at radius 3 is 2.77 bits per heavy atom. The number of aldehydes is 1. The molecule has 0 saturated carbocycles. The third kappa shape index (κ3) is 2.30. The van der Waals surface area contributed by atoms with Crippen molar-refractivity contribution in [1.82, 2.24) is 0 Å². The molecule has 0 saturated heterocycles. The van der Waals surface area contributed by atoms with Crippen LogP contribution in [0.5, 0.6) is 5.75 Å². The normalized spacial score (nSPS) is 9.23. The van der Waals surface area contributed by atoms with Crippen LogP contribution in [0.3, 0.4) is 0 Å². The summed E-state index contributed by atoms with van der Waals surface area (Å²) < 4.78 is 4.90. The van der Waals surface area contributed by atoms with Crippen LogP contribution in [0.1, 0.15) is 10.4 Å². The number of carbonyl (C=O) groups is 2. The van der Waals surface area contributed by atoms with E-state index in [1.165, 1.54) is 12.1 Å². The molecule has 1 rings (SSSR count). The van der Waals surface area contributed by atoms with Gasteiger partial charge in [-0.2, -0.15) is 0 Å². The molecule has 0 bridgehead atoms. The van der Waals surface area contributed by atoms with Crippen LogP contribution >= 0.6 is 0 Å². The van der Waals surface area contributed by atoms with Crippen molar-refractivity contribution in [2.24, 2.45) is 0 Å². The average molecular weight is 180 g/mol. The fourth-order valence-corrected chi connectivity index (χ4v) is 0.893. The minimum atomic E-state index is -1.07. The zero-order valence-electron chi connectivity index (χ0n) is 6.77. The minimum Gasteiger partial charge on any atom is -0.485 e. The molecule has 0 heterocycles. The van der Waals surface area contributed by atoms with Crippen molar-refractivity contribution in [1.29, 1.82) is 0 Å². The second kappa shape index (κ2) is 4.25. The maximum absolute atomic E-state index is 10.6. The van der Waals surface area contributed by atoms with Crippen LogP contribution in [0.4, 0.5) is 0 Å². The summed E-state index contributed by atoms with van der Waals surface area (Å²) in [6.45, 7) is -0.135. The summed E-state index contributed by atoms with van der Waals surface area (Å²) in [5.41, 5.74) is 0.0596. The van der Waals surface area contributed by atoms with Crippen molar-refractivity contribution in [2.75, 3.05) is 6.61 Å². The van der Waals surface area contributed by atoms with E-state index >= 15 is 0 Å². The van der Waals surface area contributed by atoms with Gasteiger partial charge < -0.3 is 9.84 Å². The SMILES string of the molecule is O=CCOc1ccccc1C(=O)O. The molecule has 68 valence electrons. The topological polar surface area (TPSA) is 63.6 Å². The molecule has 0 radical (unpaired) electrons. The summed E-state index contributed by atoms with van der Waals surface area (Å²) >= 11 is 0. The van der Waals surface area contributed by atoms with Crippen molar-refractivity contribution in [3.05, 3.63) is 29.8 Å². The molecule has 13 heavy (non-hydrogen) atoms. The second-order valence-electron chi connectivity index (χ2n) is 2.28. The number of para-hydroxylation sites is 1. The van der Waals surface area contributed by atoms with Gasteiger partial charge >= 0.3 is 5.97 Å². The summed E-state index contributed by atoms with van der Waals surface area (Å²) in [6.07, 6.45) is 0.568. The fourth-order valence-electron chi connectivity index (χ4n) is 0.893. The van der Waals surface area contributed by atoms with Crippen molar-refractivity contribution < 1.29 is 19.4 Å². The first-order valence-electron chi connectivity index (χ1n) is 3.64. The molecule has 0 aliphatic heterocycles. The van der Waals surface area contributed by atoms with E-state index in [4.69, 9.17) is 9.84 Å². The summed E-state index contributed by atoms with van der Waals surface area (Å²) in [7, 11) is 0. The highest BCUT2D eigenvalue weighted by Crippen LogP contribution is 2.17. The second-order valence-corrected chi connectivity index (χ2v) is 2.28. The van der Waals surface area contributed by atoms with Gasteiger partial charge in [-0.25, -0.2) is 4.79 Å². The quantitative estimate of drug-likeness (QED) is 0.701. The largest absolute Gasteiger partial charge is 0.485 e. The molecule has 0 aliphatic carbocycles. The molecule has 0 amide bonds. The van der Waals surface area contributed by atoms with E-state index in [0.717, 1.165) is 0 Å².